The fourth-order valence-corrected chi connectivity index (χ4v) is 2.36. The van der Waals surface area contributed by atoms with Crippen molar-refractivity contribution in [1.82, 2.24) is 0 Å². The van der Waals surface area contributed by atoms with Crippen LogP contribution in [0.5, 0.6) is 0 Å². The number of fused-ring (bicyclic) bond motifs is 1. The maximum absolute atomic E-state index is 2.38. The second-order valence-corrected chi connectivity index (χ2v) is 4.69. The summed E-state index contributed by atoms with van der Waals surface area (Å²) in [5, 5.41) is 0. The van der Waals surface area contributed by atoms with Crippen LogP contribution in [0.3, 0.4) is 0 Å². The molecule has 1 aromatic carbocycles. The van der Waals surface area contributed by atoms with Crippen molar-refractivity contribution in [2.75, 3.05) is 0 Å². The second-order valence-electron chi connectivity index (χ2n) is 4.69. The highest BCUT2D eigenvalue weighted by Gasteiger charge is 2.22. The van der Waals surface area contributed by atoms with Crippen LogP contribution in [-0.4, -0.2) is 0 Å². The molecule has 0 heterocycles. The molecule has 0 radical (unpaired) electrons. The zero-order chi connectivity index (χ0) is 11.2. The van der Waals surface area contributed by atoms with Crippen LogP contribution in [0, 0.1) is 18.8 Å². The van der Waals surface area contributed by atoms with Crippen molar-refractivity contribution in [2.24, 2.45) is 11.8 Å². The van der Waals surface area contributed by atoms with Crippen molar-refractivity contribution in [2.45, 2.75) is 26.2 Å². The monoisotopic (exact) mass is 212 g/mol. The van der Waals surface area contributed by atoms with E-state index < -0.39 is 0 Å². The smallest absolute Gasteiger partial charge is 0.0165 e. The van der Waals surface area contributed by atoms with Gasteiger partial charge in [0, 0.05) is 0 Å². The number of allylic oxidation sites excluding steroid dienone is 4. The Morgan fingerprint density at radius 1 is 0.875 bits per heavy atom. The van der Waals surface area contributed by atoms with E-state index in [1.165, 1.54) is 24.8 Å². The topological polar surface area (TPSA) is 0 Å². The molecule has 0 aliphatic heterocycles. The van der Waals surface area contributed by atoms with E-state index in [1.54, 1.807) is 0 Å². The molecular formula is C16H20. The Hall–Kier alpha value is -1.30. The SMILES string of the molecule is C1=CCC2CC=CC2C1.Cc1ccccc1. The fraction of sp³-hybridized carbons (Fsp3) is 0.375. The normalized spacial score (nSPS) is 25.8. The lowest BCUT2D eigenvalue weighted by Crippen LogP contribution is -2.09. The summed E-state index contributed by atoms with van der Waals surface area (Å²) < 4.78 is 0. The van der Waals surface area contributed by atoms with Gasteiger partial charge in [-0.25, -0.2) is 0 Å². The molecule has 2 atom stereocenters. The highest BCUT2D eigenvalue weighted by molar-refractivity contribution is 5.11. The molecule has 0 aromatic heterocycles. The van der Waals surface area contributed by atoms with Crippen molar-refractivity contribution < 1.29 is 0 Å². The van der Waals surface area contributed by atoms with Crippen molar-refractivity contribution in [3.63, 3.8) is 0 Å². The van der Waals surface area contributed by atoms with E-state index >= 15 is 0 Å². The van der Waals surface area contributed by atoms with E-state index in [9.17, 15) is 0 Å². The van der Waals surface area contributed by atoms with E-state index in [2.05, 4.69) is 43.4 Å². The minimum absolute atomic E-state index is 0.898. The number of rotatable bonds is 0. The summed E-state index contributed by atoms with van der Waals surface area (Å²) in [6.07, 6.45) is 13.3. The number of hydrogen-bond acceptors (Lipinski definition) is 0. The molecule has 0 spiro atoms. The van der Waals surface area contributed by atoms with Crippen LogP contribution in [0.2, 0.25) is 0 Å². The molecule has 0 fully saturated rings. The van der Waals surface area contributed by atoms with E-state index in [4.69, 9.17) is 0 Å². The van der Waals surface area contributed by atoms with Crippen LogP contribution in [0.4, 0.5) is 0 Å². The Kier molecular flexibility index (Phi) is 3.98. The second kappa shape index (κ2) is 5.69. The first kappa shape index (κ1) is 11.2. The average molecular weight is 212 g/mol. The zero-order valence-electron chi connectivity index (χ0n) is 9.97. The van der Waals surface area contributed by atoms with E-state index in [-0.39, 0.29) is 0 Å². The van der Waals surface area contributed by atoms with Gasteiger partial charge < -0.3 is 0 Å². The highest BCUT2D eigenvalue weighted by Crippen LogP contribution is 2.33. The van der Waals surface area contributed by atoms with Crippen LogP contribution >= 0.6 is 0 Å². The van der Waals surface area contributed by atoms with Gasteiger partial charge in [0.2, 0.25) is 0 Å². The van der Waals surface area contributed by atoms with Gasteiger partial charge in [0.25, 0.3) is 0 Å². The molecule has 0 bridgehead atoms. The van der Waals surface area contributed by atoms with Crippen LogP contribution in [-0.2, 0) is 0 Å². The minimum Gasteiger partial charge on any atom is -0.0882 e. The van der Waals surface area contributed by atoms with Gasteiger partial charge in [0.15, 0.2) is 0 Å². The molecule has 0 nitrogen and oxygen atoms in total. The quantitative estimate of drug-likeness (QED) is 0.554. The molecule has 0 saturated carbocycles. The predicted molar refractivity (Wildman–Crippen MR) is 70.3 cm³/mol. The standard InChI is InChI=1S/C9H12.C7H8/c1-2-5-9-7-3-6-8(9)4-1;1-7-5-3-2-4-6-7/h1-3,6,8-9H,4-5,7H2;2-6H,1H3. The molecule has 16 heavy (non-hydrogen) atoms. The number of aryl methyl sites for hydroxylation is 1. The lowest BCUT2D eigenvalue weighted by Gasteiger charge is -2.19. The molecule has 1 aromatic rings. The maximum Gasteiger partial charge on any atom is -0.0165 e. The first-order valence-corrected chi connectivity index (χ1v) is 6.19. The number of hydrogen-bond donors (Lipinski definition) is 0. The van der Waals surface area contributed by atoms with Gasteiger partial charge in [-0.3, -0.25) is 0 Å². The minimum atomic E-state index is 0.898. The molecule has 2 aliphatic carbocycles. The summed E-state index contributed by atoms with van der Waals surface area (Å²) in [5.41, 5.74) is 1.32. The van der Waals surface area contributed by atoms with Crippen molar-refractivity contribution in [1.29, 1.82) is 0 Å². The molecule has 3 rings (SSSR count). The number of benzene rings is 1. The molecule has 0 N–H and O–H groups in total. The first-order valence-electron chi connectivity index (χ1n) is 6.19. The van der Waals surface area contributed by atoms with Gasteiger partial charge in [-0.2, -0.15) is 0 Å². The molecule has 0 amide bonds. The summed E-state index contributed by atoms with van der Waals surface area (Å²) >= 11 is 0. The summed E-state index contributed by atoms with van der Waals surface area (Å²) in [6, 6.07) is 10.3. The summed E-state index contributed by atoms with van der Waals surface area (Å²) in [6.45, 7) is 2.08. The Morgan fingerprint density at radius 2 is 1.56 bits per heavy atom. The van der Waals surface area contributed by atoms with Crippen LogP contribution in [0.25, 0.3) is 0 Å². The average Bonchev–Trinajstić information content (AvgIpc) is 2.79. The lowest BCUT2D eigenvalue weighted by atomic mass is 9.86. The van der Waals surface area contributed by atoms with Gasteiger partial charge in [-0.15, -0.1) is 0 Å². The molecule has 0 heteroatoms. The first-order chi connectivity index (χ1) is 7.86. The van der Waals surface area contributed by atoms with Crippen molar-refractivity contribution in [3.05, 3.63) is 60.2 Å². The maximum atomic E-state index is 2.38. The third-order valence-corrected chi connectivity index (χ3v) is 3.38. The van der Waals surface area contributed by atoms with Crippen molar-refractivity contribution in [3.8, 4) is 0 Å². The molecule has 2 unspecified atom stereocenters. The Morgan fingerprint density at radius 3 is 2.19 bits per heavy atom. The lowest BCUT2D eigenvalue weighted by molar-refractivity contribution is 0.415. The van der Waals surface area contributed by atoms with Gasteiger partial charge in [-0.05, 0) is 38.0 Å². The Labute approximate surface area is 98.7 Å². The fourth-order valence-electron chi connectivity index (χ4n) is 2.36. The predicted octanol–water partition coefficient (Wildman–Crippen LogP) is 4.52. The van der Waals surface area contributed by atoms with Crippen LogP contribution in [0.15, 0.2) is 54.6 Å². The molecule has 84 valence electrons. The Balaban J connectivity index is 0.000000125. The molecular weight excluding hydrogens is 192 g/mol. The molecule has 2 aliphatic rings. The van der Waals surface area contributed by atoms with Crippen molar-refractivity contribution >= 4 is 0 Å². The Bertz CT molecular complexity index is 359. The summed E-state index contributed by atoms with van der Waals surface area (Å²) in [5.74, 6) is 1.87. The van der Waals surface area contributed by atoms with Crippen LogP contribution in [0.1, 0.15) is 24.8 Å². The molecule has 0 saturated heterocycles. The third kappa shape index (κ3) is 3.10. The zero-order valence-corrected chi connectivity index (χ0v) is 9.97. The highest BCUT2D eigenvalue weighted by atomic mass is 14.3. The third-order valence-electron chi connectivity index (χ3n) is 3.38. The van der Waals surface area contributed by atoms with Gasteiger partial charge in [0.05, 0.1) is 0 Å². The van der Waals surface area contributed by atoms with E-state index in [0.717, 1.165) is 11.8 Å². The van der Waals surface area contributed by atoms with Gasteiger partial charge in [0.1, 0.15) is 0 Å². The summed E-state index contributed by atoms with van der Waals surface area (Å²) in [4.78, 5) is 0. The van der Waals surface area contributed by atoms with Gasteiger partial charge >= 0.3 is 0 Å². The van der Waals surface area contributed by atoms with Crippen LogP contribution < -0.4 is 0 Å². The summed E-state index contributed by atoms with van der Waals surface area (Å²) in [7, 11) is 0. The largest absolute Gasteiger partial charge is 0.0882 e. The van der Waals surface area contributed by atoms with E-state index in [0.29, 0.717) is 0 Å². The van der Waals surface area contributed by atoms with Gasteiger partial charge in [-0.1, -0.05) is 60.2 Å². The van der Waals surface area contributed by atoms with E-state index in [1.807, 2.05) is 18.2 Å².